The molecule has 0 amide bonds. The normalized spacial score (nSPS) is 14.1. The highest BCUT2D eigenvalue weighted by Crippen LogP contribution is 2.28. The van der Waals surface area contributed by atoms with Crippen LogP contribution in [0.25, 0.3) is 0 Å². The lowest BCUT2D eigenvalue weighted by molar-refractivity contribution is 0.687. The number of H-pyrrole nitrogens is 1. The highest BCUT2D eigenvalue weighted by atomic mass is 32.2. The van der Waals surface area contributed by atoms with Gasteiger partial charge in [-0.15, -0.1) is 5.10 Å². The SMILES string of the molecule is Cn1c(Sc2ccc(CNC3CC3)cc2C#N)n[nH]c1=O. The molecule has 0 unspecified atom stereocenters. The van der Waals surface area contributed by atoms with Crippen LogP contribution in [-0.2, 0) is 13.6 Å². The fourth-order valence-corrected chi connectivity index (χ4v) is 2.79. The van der Waals surface area contributed by atoms with Gasteiger partial charge < -0.3 is 5.32 Å². The Morgan fingerprint density at radius 3 is 3.00 bits per heavy atom. The summed E-state index contributed by atoms with van der Waals surface area (Å²) in [6.07, 6.45) is 2.48. The number of aromatic nitrogens is 3. The van der Waals surface area contributed by atoms with Crippen LogP contribution in [0, 0.1) is 11.3 Å². The van der Waals surface area contributed by atoms with E-state index in [1.54, 1.807) is 7.05 Å². The maximum absolute atomic E-state index is 11.4. The molecule has 0 saturated heterocycles. The minimum absolute atomic E-state index is 0.263. The highest BCUT2D eigenvalue weighted by molar-refractivity contribution is 7.99. The number of hydrogen-bond donors (Lipinski definition) is 2. The topological polar surface area (TPSA) is 86.5 Å². The van der Waals surface area contributed by atoms with Gasteiger partial charge in [0.2, 0.25) is 0 Å². The predicted octanol–water partition coefficient (Wildman–Crippen LogP) is 1.38. The molecular formula is C14H15N5OS. The molecule has 0 atom stereocenters. The van der Waals surface area contributed by atoms with E-state index < -0.39 is 0 Å². The van der Waals surface area contributed by atoms with Gasteiger partial charge in [0.25, 0.3) is 0 Å². The lowest BCUT2D eigenvalue weighted by Gasteiger charge is -2.07. The summed E-state index contributed by atoms with van der Waals surface area (Å²) in [6.45, 7) is 0.783. The second kappa shape index (κ2) is 5.76. The van der Waals surface area contributed by atoms with Gasteiger partial charge in [0.05, 0.1) is 5.56 Å². The van der Waals surface area contributed by atoms with Crippen LogP contribution in [0.4, 0.5) is 0 Å². The van der Waals surface area contributed by atoms with Crippen molar-refractivity contribution in [3.63, 3.8) is 0 Å². The third-order valence-corrected chi connectivity index (χ3v) is 4.50. The van der Waals surface area contributed by atoms with Crippen LogP contribution in [0.1, 0.15) is 24.0 Å². The van der Waals surface area contributed by atoms with Gasteiger partial charge in [-0.05, 0) is 42.3 Å². The van der Waals surface area contributed by atoms with Gasteiger partial charge in [-0.3, -0.25) is 4.57 Å². The average Bonchev–Trinajstić information content (AvgIpc) is 3.28. The van der Waals surface area contributed by atoms with Crippen molar-refractivity contribution in [3.8, 4) is 6.07 Å². The Balaban J connectivity index is 1.79. The zero-order valence-corrected chi connectivity index (χ0v) is 12.4. The molecule has 1 fully saturated rings. The molecular weight excluding hydrogens is 286 g/mol. The molecule has 6 nitrogen and oxygen atoms in total. The molecule has 2 aromatic rings. The molecule has 1 aliphatic carbocycles. The van der Waals surface area contributed by atoms with Crippen LogP contribution in [0.5, 0.6) is 0 Å². The van der Waals surface area contributed by atoms with Crippen LogP contribution in [-0.4, -0.2) is 20.8 Å². The van der Waals surface area contributed by atoms with Gasteiger partial charge in [-0.25, -0.2) is 9.89 Å². The summed E-state index contributed by atoms with van der Waals surface area (Å²) in [4.78, 5) is 12.2. The number of benzene rings is 1. The number of rotatable bonds is 5. The lowest BCUT2D eigenvalue weighted by atomic mass is 10.1. The molecule has 1 heterocycles. The van der Waals surface area contributed by atoms with E-state index in [1.165, 1.54) is 29.2 Å². The number of nitrogens with zero attached hydrogens (tertiary/aromatic N) is 3. The first-order valence-corrected chi connectivity index (χ1v) is 7.54. The zero-order chi connectivity index (χ0) is 14.8. The fraction of sp³-hybridized carbons (Fsp3) is 0.357. The highest BCUT2D eigenvalue weighted by Gasteiger charge is 2.20. The van der Waals surface area contributed by atoms with Crippen LogP contribution in [0.2, 0.25) is 0 Å². The standard InChI is InChI=1S/C14H15N5OS/c1-19-13(20)17-18-14(19)21-12-5-2-9(6-10(12)7-15)8-16-11-3-4-11/h2,5-6,11,16H,3-4,8H2,1H3,(H,17,20). The van der Waals surface area contributed by atoms with Gasteiger partial charge in [0, 0.05) is 24.5 Å². The lowest BCUT2D eigenvalue weighted by Crippen LogP contribution is -2.15. The molecule has 1 saturated carbocycles. The van der Waals surface area contributed by atoms with Gasteiger partial charge in [-0.1, -0.05) is 6.07 Å². The molecule has 0 aliphatic heterocycles. The van der Waals surface area contributed by atoms with E-state index in [-0.39, 0.29) is 5.69 Å². The fourth-order valence-electron chi connectivity index (χ4n) is 1.94. The first-order valence-electron chi connectivity index (χ1n) is 6.73. The first kappa shape index (κ1) is 13.9. The molecule has 0 bridgehead atoms. The van der Waals surface area contributed by atoms with Crippen molar-refractivity contribution in [3.05, 3.63) is 39.8 Å². The second-order valence-electron chi connectivity index (χ2n) is 5.07. The maximum atomic E-state index is 11.4. The van der Waals surface area contributed by atoms with Crippen LogP contribution < -0.4 is 11.0 Å². The second-order valence-corrected chi connectivity index (χ2v) is 6.08. The van der Waals surface area contributed by atoms with Gasteiger partial charge in [0.1, 0.15) is 6.07 Å². The molecule has 1 aromatic carbocycles. The molecule has 7 heteroatoms. The molecule has 0 spiro atoms. The van der Waals surface area contributed by atoms with Gasteiger partial charge >= 0.3 is 5.69 Å². The Hall–Kier alpha value is -2.04. The maximum Gasteiger partial charge on any atom is 0.343 e. The quantitative estimate of drug-likeness (QED) is 0.871. The number of aromatic amines is 1. The number of hydrogen-bond acceptors (Lipinski definition) is 5. The molecule has 1 aliphatic rings. The molecule has 0 radical (unpaired) electrons. The summed E-state index contributed by atoms with van der Waals surface area (Å²) in [6, 6.07) is 8.66. The number of nitriles is 1. The van der Waals surface area contributed by atoms with Crippen molar-refractivity contribution in [1.82, 2.24) is 20.1 Å². The summed E-state index contributed by atoms with van der Waals surface area (Å²) in [5.41, 5.74) is 1.44. The molecule has 3 rings (SSSR count). The van der Waals surface area contributed by atoms with Crippen molar-refractivity contribution in [2.75, 3.05) is 0 Å². The van der Waals surface area contributed by atoms with E-state index in [0.29, 0.717) is 16.8 Å². The van der Waals surface area contributed by atoms with Crippen molar-refractivity contribution >= 4 is 11.8 Å². The minimum Gasteiger partial charge on any atom is -0.310 e. The monoisotopic (exact) mass is 301 g/mol. The Kier molecular flexibility index (Phi) is 3.82. The Labute approximate surface area is 126 Å². The minimum atomic E-state index is -0.263. The molecule has 21 heavy (non-hydrogen) atoms. The third kappa shape index (κ3) is 3.17. The summed E-state index contributed by atoms with van der Waals surface area (Å²) < 4.78 is 1.42. The van der Waals surface area contributed by atoms with E-state index >= 15 is 0 Å². The van der Waals surface area contributed by atoms with Gasteiger partial charge in [0.15, 0.2) is 5.16 Å². The van der Waals surface area contributed by atoms with Crippen molar-refractivity contribution < 1.29 is 0 Å². The molecule has 1 aromatic heterocycles. The van der Waals surface area contributed by atoms with Crippen molar-refractivity contribution in [2.45, 2.75) is 35.5 Å². The van der Waals surface area contributed by atoms with Crippen LogP contribution >= 0.6 is 11.8 Å². The summed E-state index contributed by atoms with van der Waals surface area (Å²) in [5.74, 6) is 0. The largest absolute Gasteiger partial charge is 0.343 e. The van der Waals surface area contributed by atoms with E-state index in [1.807, 2.05) is 18.2 Å². The summed E-state index contributed by atoms with van der Waals surface area (Å²) >= 11 is 1.31. The predicted molar refractivity (Wildman–Crippen MR) is 79.0 cm³/mol. The van der Waals surface area contributed by atoms with E-state index in [0.717, 1.165) is 17.0 Å². The average molecular weight is 301 g/mol. The summed E-state index contributed by atoms with van der Waals surface area (Å²) in [7, 11) is 1.65. The summed E-state index contributed by atoms with van der Waals surface area (Å²) in [5, 5.41) is 19.6. The third-order valence-electron chi connectivity index (χ3n) is 3.38. The van der Waals surface area contributed by atoms with Crippen molar-refractivity contribution in [2.24, 2.45) is 7.05 Å². The zero-order valence-electron chi connectivity index (χ0n) is 11.6. The van der Waals surface area contributed by atoms with E-state index in [9.17, 15) is 10.1 Å². The van der Waals surface area contributed by atoms with E-state index in [2.05, 4.69) is 21.6 Å². The smallest absolute Gasteiger partial charge is 0.310 e. The van der Waals surface area contributed by atoms with Gasteiger partial charge in [-0.2, -0.15) is 5.26 Å². The Morgan fingerprint density at radius 1 is 1.57 bits per heavy atom. The van der Waals surface area contributed by atoms with E-state index in [4.69, 9.17) is 0 Å². The Bertz CT molecular complexity index is 753. The Morgan fingerprint density at radius 2 is 2.38 bits per heavy atom. The molecule has 108 valence electrons. The first-order chi connectivity index (χ1) is 10.2. The number of nitrogens with one attached hydrogen (secondary N) is 2. The van der Waals surface area contributed by atoms with Crippen molar-refractivity contribution in [1.29, 1.82) is 5.26 Å². The van der Waals surface area contributed by atoms with Crippen LogP contribution in [0.15, 0.2) is 33.0 Å². The van der Waals surface area contributed by atoms with Crippen LogP contribution in [0.3, 0.4) is 0 Å². The molecule has 2 N–H and O–H groups in total.